The molecule has 0 bridgehead atoms. The molecule has 0 aliphatic rings. The summed E-state index contributed by atoms with van der Waals surface area (Å²) in [6, 6.07) is 3.56. The van der Waals surface area contributed by atoms with Crippen LogP contribution in [0.25, 0.3) is 0 Å². The van der Waals surface area contributed by atoms with Crippen molar-refractivity contribution in [1.29, 1.82) is 0 Å². The number of hydrogen-bond donors (Lipinski definition) is 2. The monoisotopic (exact) mass is 269 g/mol. The normalized spacial score (nSPS) is 11.8. The largest absolute Gasteiger partial charge is 0.465 e. The van der Waals surface area contributed by atoms with Gasteiger partial charge in [-0.05, 0) is 31.5 Å². The maximum Gasteiger partial charge on any atom is 0.337 e. The van der Waals surface area contributed by atoms with Crippen molar-refractivity contribution in [2.75, 3.05) is 12.4 Å². The van der Waals surface area contributed by atoms with E-state index >= 15 is 0 Å². The topological polar surface area (TPSA) is 75.6 Å². The minimum absolute atomic E-state index is 0.0690. The molecule has 1 rings (SSSR count). The molecule has 0 fully saturated rings. The first-order valence-electron chi connectivity index (χ1n) is 5.79. The lowest BCUT2D eigenvalue weighted by Crippen LogP contribution is -2.15. The van der Waals surface area contributed by atoms with Crippen LogP contribution in [-0.4, -0.2) is 30.2 Å². The highest BCUT2D eigenvalue weighted by Crippen LogP contribution is 2.17. The minimum Gasteiger partial charge on any atom is -0.465 e. The smallest absolute Gasteiger partial charge is 0.337 e. The van der Waals surface area contributed by atoms with Crippen molar-refractivity contribution < 1.29 is 23.8 Å². The van der Waals surface area contributed by atoms with Gasteiger partial charge in [0.15, 0.2) is 0 Å². The highest BCUT2D eigenvalue weighted by atomic mass is 19.1. The number of benzene rings is 1. The van der Waals surface area contributed by atoms with Gasteiger partial charge in [-0.1, -0.05) is 0 Å². The first-order valence-corrected chi connectivity index (χ1v) is 5.79. The van der Waals surface area contributed by atoms with Crippen LogP contribution in [0.15, 0.2) is 18.2 Å². The molecule has 0 aromatic heterocycles. The number of aliphatic hydroxyl groups is 1. The number of carbonyl (C=O) groups excluding carboxylic acids is 2. The van der Waals surface area contributed by atoms with Crippen LogP contribution in [0.1, 0.15) is 30.1 Å². The number of amides is 1. The van der Waals surface area contributed by atoms with Crippen molar-refractivity contribution in [2.24, 2.45) is 0 Å². The lowest BCUT2D eigenvalue weighted by atomic mass is 10.1. The summed E-state index contributed by atoms with van der Waals surface area (Å²) >= 11 is 0. The van der Waals surface area contributed by atoms with E-state index in [9.17, 15) is 14.0 Å². The molecular weight excluding hydrogens is 253 g/mol. The van der Waals surface area contributed by atoms with Gasteiger partial charge in [0.25, 0.3) is 0 Å². The van der Waals surface area contributed by atoms with E-state index < -0.39 is 23.8 Å². The van der Waals surface area contributed by atoms with Gasteiger partial charge in [0, 0.05) is 6.42 Å². The summed E-state index contributed by atoms with van der Waals surface area (Å²) in [6.07, 6.45) is -0.249. The number of carbonyl (C=O) groups is 2. The number of hydrogen-bond acceptors (Lipinski definition) is 4. The highest BCUT2D eigenvalue weighted by Gasteiger charge is 2.12. The Morgan fingerprint density at radius 2 is 2.16 bits per heavy atom. The second-order valence-corrected chi connectivity index (χ2v) is 4.12. The molecule has 1 aromatic carbocycles. The van der Waals surface area contributed by atoms with Crippen molar-refractivity contribution in [3.63, 3.8) is 0 Å². The van der Waals surface area contributed by atoms with Gasteiger partial charge in [0.2, 0.25) is 5.91 Å². The second kappa shape index (κ2) is 6.84. The van der Waals surface area contributed by atoms with E-state index in [1.807, 2.05) is 0 Å². The van der Waals surface area contributed by atoms with E-state index in [1.165, 1.54) is 19.2 Å². The van der Waals surface area contributed by atoms with Gasteiger partial charge in [-0.3, -0.25) is 4.79 Å². The Morgan fingerprint density at radius 3 is 2.74 bits per heavy atom. The van der Waals surface area contributed by atoms with Gasteiger partial charge in [-0.25, -0.2) is 9.18 Å². The van der Waals surface area contributed by atoms with Crippen LogP contribution >= 0.6 is 0 Å². The van der Waals surface area contributed by atoms with Crippen molar-refractivity contribution in [3.8, 4) is 0 Å². The molecule has 0 radical (unpaired) electrons. The van der Waals surface area contributed by atoms with Gasteiger partial charge < -0.3 is 15.2 Å². The molecule has 19 heavy (non-hydrogen) atoms. The molecule has 0 aliphatic heterocycles. The SMILES string of the molecule is COC(=O)c1ccc(F)c(NC(=O)CCC(C)O)c1. The predicted molar refractivity (Wildman–Crippen MR) is 67.3 cm³/mol. The van der Waals surface area contributed by atoms with Gasteiger partial charge >= 0.3 is 5.97 Å². The number of nitrogens with one attached hydrogen (secondary N) is 1. The summed E-state index contributed by atoms with van der Waals surface area (Å²) in [5.41, 5.74) is 0.0632. The highest BCUT2D eigenvalue weighted by molar-refractivity contribution is 5.94. The third-order valence-corrected chi connectivity index (χ3v) is 2.45. The van der Waals surface area contributed by atoms with E-state index in [2.05, 4.69) is 10.1 Å². The summed E-state index contributed by atoms with van der Waals surface area (Å²) in [6.45, 7) is 1.56. The van der Waals surface area contributed by atoms with Gasteiger partial charge in [0.05, 0.1) is 24.5 Å². The fourth-order valence-electron chi connectivity index (χ4n) is 1.42. The number of methoxy groups -OCH3 is 1. The average molecular weight is 269 g/mol. The van der Waals surface area contributed by atoms with E-state index in [0.717, 1.165) is 6.07 Å². The summed E-state index contributed by atoms with van der Waals surface area (Å²) in [5, 5.41) is 11.4. The predicted octanol–water partition coefficient (Wildman–Crippen LogP) is 1.71. The molecule has 1 aromatic rings. The molecule has 1 unspecified atom stereocenters. The number of esters is 1. The molecular formula is C13H16FNO4. The molecule has 5 nitrogen and oxygen atoms in total. The Morgan fingerprint density at radius 1 is 1.47 bits per heavy atom. The van der Waals surface area contributed by atoms with Crippen molar-refractivity contribution in [1.82, 2.24) is 0 Å². The lowest BCUT2D eigenvalue weighted by Gasteiger charge is -2.08. The minimum atomic E-state index is -0.641. The summed E-state index contributed by atoms with van der Waals surface area (Å²) < 4.78 is 18.0. The number of halogens is 1. The fraction of sp³-hybridized carbons (Fsp3) is 0.385. The Hall–Kier alpha value is -1.95. The van der Waals surface area contributed by atoms with Crippen LogP contribution in [0.5, 0.6) is 0 Å². The van der Waals surface area contributed by atoms with Crippen LogP contribution < -0.4 is 5.32 Å². The molecule has 0 saturated carbocycles. The molecule has 0 aliphatic carbocycles. The lowest BCUT2D eigenvalue weighted by molar-refractivity contribution is -0.116. The van der Waals surface area contributed by atoms with Crippen molar-refractivity contribution in [2.45, 2.75) is 25.9 Å². The maximum absolute atomic E-state index is 13.5. The second-order valence-electron chi connectivity index (χ2n) is 4.12. The fourth-order valence-corrected chi connectivity index (χ4v) is 1.42. The van der Waals surface area contributed by atoms with Gasteiger partial charge in [-0.2, -0.15) is 0 Å². The molecule has 6 heteroatoms. The van der Waals surface area contributed by atoms with Crippen molar-refractivity contribution in [3.05, 3.63) is 29.6 Å². The van der Waals surface area contributed by atoms with E-state index in [0.29, 0.717) is 0 Å². The van der Waals surface area contributed by atoms with Gasteiger partial charge in [0.1, 0.15) is 5.82 Å². The first kappa shape index (κ1) is 15.1. The first-order chi connectivity index (χ1) is 8.93. The number of ether oxygens (including phenoxy) is 1. The molecule has 0 spiro atoms. The Kier molecular flexibility index (Phi) is 5.44. The van der Waals surface area contributed by atoms with Crippen LogP contribution in [0.4, 0.5) is 10.1 Å². The van der Waals surface area contributed by atoms with E-state index in [1.54, 1.807) is 6.92 Å². The Balaban J connectivity index is 2.77. The average Bonchev–Trinajstić information content (AvgIpc) is 2.38. The zero-order chi connectivity index (χ0) is 14.4. The Bertz CT molecular complexity index is 474. The standard InChI is InChI=1S/C13H16FNO4/c1-8(16)3-6-12(17)15-11-7-9(13(18)19-2)4-5-10(11)14/h4-5,7-8,16H,3,6H2,1-2H3,(H,15,17). The maximum atomic E-state index is 13.5. The molecule has 1 atom stereocenters. The van der Waals surface area contributed by atoms with Gasteiger partial charge in [-0.15, -0.1) is 0 Å². The third-order valence-electron chi connectivity index (χ3n) is 2.45. The summed E-state index contributed by atoms with van der Waals surface area (Å²) in [7, 11) is 1.21. The number of aliphatic hydroxyl groups excluding tert-OH is 1. The number of anilines is 1. The summed E-state index contributed by atoms with van der Waals surface area (Å²) in [5.74, 6) is -1.68. The van der Waals surface area contributed by atoms with Crippen LogP contribution in [0, 0.1) is 5.82 Å². The zero-order valence-electron chi connectivity index (χ0n) is 10.8. The van der Waals surface area contributed by atoms with Crippen LogP contribution in [-0.2, 0) is 9.53 Å². The van der Waals surface area contributed by atoms with Crippen LogP contribution in [0.3, 0.4) is 0 Å². The van der Waals surface area contributed by atoms with E-state index in [4.69, 9.17) is 5.11 Å². The zero-order valence-corrected chi connectivity index (χ0v) is 10.8. The number of rotatable bonds is 5. The molecule has 0 saturated heterocycles. The Labute approximate surface area is 110 Å². The third kappa shape index (κ3) is 4.67. The van der Waals surface area contributed by atoms with Crippen molar-refractivity contribution >= 4 is 17.6 Å². The summed E-state index contributed by atoms with van der Waals surface area (Å²) in [4.78, 5) is 22.8. The van der Waals surface area contributed by atoms with E-state index in [-0.39, 0.29) is 24.1 Å². The molecule has 104 valence electrons. The molecule has 0 heterocycles. The van der Waals surface area contributed by atoms with Crippen LogP contribution in [0.2, 0.25) is 0 Å². The molecule has 1 amide bonds. The quantitative estimate of drug-likeness (QED) is 0.798. The molecule has 2 N–H and O–H groups in total.